The van der Waals surface area contributed by atoms with Crippen LogP contribution in [0.5, 0.6) is 0 Å². The predicted octanol–water partition coefficient (Wildman–Crippen LogP) is 4.58. The summed E-state index contributed by atoms with van der Waals surface area (Å²) >= 11 is 0. The largest absolute Gasteiger partial charge is 0.507 e. The minimum absolute atomic E-state index is 0.0634. The quantitative estimate of drug-likeness (QED) is 0.252. The summed E-state index contributed by atoms with van der Waals surface area (Å²) in [6.45, 7) is 4.08. The Morgan fingerprint density at radius 1 is 1.03 bits per heavy atom. The molecule has 2 heterocycles. The van der Waals surface area contributed by atoms with Gasteiger partial charge in [0.1, 0.15) is 11.8 Å². The third-order valence-electron chi connectivity index (χ3n) is 5.53. The predicted molar refractivity (Wildman–Crippen MR) is 127 cm³/mol. The highest BCUT2D eigenvalue weighted by atomic mass is 16.5. The van der Waals surface area contributed by atoms with Crippen LogP contribution < -0.4 is 4.90 Å². The molecule has 1 aliphatic heterocycles. The molecule has 4 rings (SSSR count). The van der Waals surface area contributed by atoms with Crippen LogP contribution in [0.25, 0.3) is 5.76 Å². The first-order valence-electron chi connectivity index (χ1n) is 11.0. The number of aryl methyl sites for hydroxylation is 1. The summed E-state index contributed by atoms with van der Waals surface area (Å²) in [5, 5.41) is 11.1. The van der Waals surface area contributed by atoms with Gasteiger partial charge in [-0.3, -0.25) is 19.5 Å². The van der Waals surface area contributed by atoms with Gasteiger partial charge in [0.05, 0.1) is 23.4 Å². The van der Waals surface area contributed by atoms with Crippen LogP contribution >= 0.6 is 0 Å². The van der Waals surface area contributed by atoms with E-state index < -0.39 is 23.7 Å². The lowest BCUT2D eigenvalue weighted by Gasteiger charge is -2.25. The number of pyridine rings is 1. The Morgan fingerprint density at radius 3 is 2.47 bits per heavy atom. The summed E-state index contributed by atoms with van der Waals surface area (Å²) in [6.07, 6.45) is 2.23. The van der Waals surface area contributed by atoms with Crippen LogP contribution in [-0.2, 0) is 14.3 Å². The molecule has 7 heteroatoms. The molecule has 1 N–H and O–H groups in total. The molecule has 3 aromatic rings. The second-order valence-corrected chi connectivity index (χ2v) is 7.98. The van der Waals surface area contributed by atoms with Crippen molar-refractivity contribution in [1.82, 2.24) is 4.98 Å². The van der Waals surface area contributed by atoms with Crippen LogP contribution in [0, 0.1) is 6.92 Å². The Hall–Kier alpha value is -4.26. The number of Topliss-reactive ketones (excluding diaryl/α,β-unsaturated/α-hetero) is 1. The van der Waals surface area contributed by atoms with Crippen molar-refractivity contribution in [3.05, 3.63) is 101 Å². The number of ketones is 1. The third-order valence-corrected chi connectivity index (χ3v) is 5.53. The maximum Gasteiger partial charge on any atom is 0.338 e. The number of ether oxygens (including phenoxy) is 1. The highest BCUT2D eigenvalue weighted by molar-refractivity contribution is 6.51. The van der Waals surface area contributed by atoms with Crippen molar-refractivity contribution >= 4 is 29.1 Å². The number of carbonyl (C=O) groups excluding carboxylic acids is 3. The lowest BCUT2D eigenvalue weighted by Crippen LogP contribution is -2.30. The van der Waals surface area contributed by atoms with Crippen molar-refractivity contribution in [1.29, 1.82) is 0 Å². The summed E-state index contributed by atoms with van der Waals surface area (Å²) in [6, 6.07) is 17.5. The summed E-state index contributed by atoms with van der Waals surface area (Å²) < 4.78 is 5.21. The van der Waals surface area contributed by atoms with Crippen LogP contribution in [0.4, 0.5) is 5.69 Å². The van der Waals surface area contributed by atoms with Gasteiger partial charge >= 0.3 is 5.97 Å². The Bertz CT molecular complexity index is 1270. The number of benzene rings is 2. The standard InChI is InChI=1S/C27H24N2O5/c1-3-15-34-27(33)19-7-6-8-20(16-19)29-23(21-9-4-5-14-28-21)22(25(31)26(29)32)24(30)18-12-10-17(2)11-13-18/h4-14,16,23,30H,3,15H2,1-2H3/b24-22+. The Balaban J connectivity index is 1.85. The summed E-state index contributed by atoms with van der Waals surface area (Å²) in [7, 11) is 0. The van der Waals surface area contributed by atoms with Gasteiger partial charge in [-0.05, 0) is 43.7 Å². The Labute approximate surface area is 197 Å². The van der Waals surface area contributed by atoms with Crippen molar-refractivity contribution in [3.8, 4) is 0 Å². The fourth-order valence-corrected chi connectivity index (χ4v) is 3.84. The number of amides is 1. The fourth-order valence-electron chi connectivity index (χ4n) is 3.84. The third kappa shape index (κ3) is 4.32. The molecule has 1 atom stereocenters. The molecule has 1 amide bonds. The van der Waals surface area contributed by atoms with Crippen LogP contribution in [0.3, 0.4) is 0 Å². The first-order chi connectivity index (χ1) is 16.4. The molecule has 1 saturated heterocycles. The van der Waals surface area contributed by atoms with Crippen LogP contribution in [0.1, 0.15) is 46.6 Å². The SMILES string of the molecule is CCCOC(=O)c1cccc(N2C(=O)C(=O)/C(=C(/O)c3ccc(C)cc3)C2c2ccccn2)c1. The summed E-state index contributed by atoms with van der Waals surface area (Å²) in [5.74, 6) is -2.44. The van der Waals surface area contributed by atoms with Crippen molar-refractivity contribution in [2.45, 2.75) is 26.3 Å². The molecule has 1 unspecified atom stereocenters. The van der Waals surface area contributed by atoms with E-state index in [0.717, 1.165) is 5.56 Å². The molecule has 0 aliphatic carbocycles. The van der Waals surface area contributed by atoms with E-state index in [2.05, 4.69) is 4.98 Å². The molecule has 34 heavy (non-hydrogen) atoms. The van der Waals surface area contributed by atoms with Crippen LogP contribution in [0.2, 0.25) is 0 Å². The minimum Gasteiger partial charge on any atom is -0.507 e. The number of aliphatic hydroxyl groups is 1. The van der Waals surface area contributed by atoms with E-state index in [-0.39, 0.29) is 23.5 Å². The highest BCUT2D eigenvalue weighted by Crippen LogP contribution is 2.41. The van der Waals surface area contributed by atoms with Gasteiger partial charge in [0.2, 0.25) is 0 Å². The van der Waals surface area contributed by atoms with Crippen molar-refractivity contribution in [3.63, 3.8) is 0 Å². The Morgan fingerprint density at radius 2 is 1.79 bits per heavy atom. The monoisotopic (exact) mass is 456 g/mol. The molecule has 1 aromatic heterocycles. The fraction of sp³-hybridized carbons (Fsp3) is 0.185. The normalized spacial score (nSPS) is 17.1. The van der Waals surface area contributed by atoms with E-state index in [0.29, 0.717) is 23.4 Å². The van der Waals surface area contributed by atoms with Crippen molar-refractivity contribution < 1.29 is 24.2 Å². The van der Waals surface area contributed by atoms with Gasteiger partial charge < -0.3 is 9.84 Å². The highest BCUT2D eigenvalue weighted by Gasteiger charge is 2.47. The number of hydrogen-bond acceptors (Lipinski definition) is 6. The van der Waals surface area contributed by atoms with E-state index in [4.69, 9.17) is 4.74 Å². The smallest absolute Gasteiger partial charge is 0.338 e. The summed E-state index contributed by atoms with van der Waals surface area (Å²) in [5.41, 5.74) is 2.34. The molecule has 0 radical (unpaired) electrons. The molecule has 0 saturated carbocycles. The minimum atomic E-state index is -0.968. The van der Waals surface area contributed by atoms with Gasteiger partial charge in [0.15, 0.2) is 0 Å². The van der Waals surface area contributed by atoms with E-state index in [9.17, 15) is 19.5 Å². The second-order valence-electron chi connectivity index (χ2n) is 7.98. The first kappa shape index (κ1) is 22.9. The lowest BCUT2D eigenvalue weighted by molar-refractivity contribution is -0.132. The molecule has 172 valence electrons. The number of aromatic nitrogens is 1. The molecular formula is C27H24N2O5. The molecule has 0 bridgehead atoms. The van der Waals surface area contributed by atoms with Gasteiger partial charge in [-0.2, -0.15) is 0 Å². The molecule has 7 nitrogen and oxygen atoms in total. The zero-order valence-corrected chi connectivity index (χ0v) is 18.9. The lowest BCUT2D eigenvalue weighted by atomic mass is 9.97. The number of hydrogen-bond donors (Lipinski definition) is 1. The van der Waals surface area contributed by atoms with Gasteiger partial charge in [-0.15, -0.1) is 0 Å². The number of aliphatic hydroxyl groups excluding tert-OH is 1. The van der Waals surface area contributed by atoms with E-state index >= 15 is 0 Å². The molecule has 2 aromatic carbocycles. The number of nitrogens with zero attached hydrogens (tertiary/aromatic N) is 2. The van der Waals surface area contributed by atoms with Crippen LogP contribution in [-0.4, -0.2) is 34.4 Å². The number of rotatable bonds is 6. The molecule has 1 aliphatic rings. The summed E-state index contributed by atoms with van der Waals surface area (Å²) in [4.78, 5) is 44.4. The van der Waals surface area contributed by atoms with E-state index in [1.54, 1.807) is 54.7 Å². The number of anilines is 1. The average Bonchev–Trinajstić information content (AvgIpc) is 3.13. The van der Waals surface area contributed by atoms with Crippen LogP contribution in [0.15, 0.2) is 78.5 Å². The molecular weight excluding hydrogens is 432 g/mol. The van der Waals surface area contributed by atoms with Crippen molar-refractivity contribution in [2.24, 2.45) is 0 Å². The maximum atomic E-state index is 13.2. The van der Waals surface area contributed by atoms with E-state index in [1.807, 2.05) is 26.0 Å². The number of carbonyl (C=O) groups is 3. The van der Waals surface area contributed by atoms with Crippen molar-refractivity contribution in [2.75, 3.05) is 11.5 Å². The average molecular weight is 456 g/mol. The van der Waals surface area contributed by atoms with Gasteiger partial charge in [0.25, 0.3) is 11.7 Å². The van der Waals surface area contributed by atoms with Gasteiger partial charge in [0, 0.05) is 17.4 Å². The zero-order chi connectivity index (χ0) is 24.2. The Kier molecular flexibility index (Phi) is 6.54. The van der Waals surface area contributed by atoms with Gasteiger partial charge in [-0.25, -0.2) is 4.79 Å². The second kappa shape index (κ2) is 9.70. The first-order valence-corrected chi connectivity index (χ1v) is 11.0. The van der Waals surface area contributed by atoms with E-state index in [1.165, 1.54) is 11.0 Å². The zero-order valence-electron chi connectivity index (χ0n) is 18.9. The maximum absolute atomic E-state index is 13.2. The number of esters is 1. The topological polar surface area (TPSA) is 96.8 Å². The molecule has 0 spiro atoms. The van der Waals surface area contributed by atoms with Gasteiger partial charge in [-0.1, -0.05) is 48.9 Å². The molecule has 1 fully saturated rings.